The van der Waals surface area contributed by atoms with E-state index in [1.54, 1.807) is 0 Å². The maximum Gasteiger partial charge on any atom is 0.315 e. The first-order valence-electron chi connectivity index (χ1n) is 9.83. The van der Waals surface area contributed by atoms with Crippen molar-refractivity contribution in [1.82, 2.24) is 15.5 Å². The van der Waals surface area contributed by atoms with Gasteiger partial charge in [0.05, 0.1) is 25.3 Å². The van der Waals surface area contributed by atoms with Crippen molar-refractivity contribution >= 4 is 17.6 Å². The lowest BCUT2D eigenvalue weighted by molar-refractivity contribution is 0.0339. The molecule has 3 rings (SSSR count). The molecule has 2 amide bonds. The van der Waals surface area contributed by atoms with Gasteiger partial charge >= 0.3 is 6.03 Å². The molecule has 28 heavy (non-hydrogen) atoms. The van der Waals surface area contributed by atoms with Gasteiger partial charge in [0.2, 0.25) is 0 Å². The van der Waals surface area contributed by atoms with Crippen LogP contribution in [0.3, 0.4) is 0 Å². The van der Waals surface area contributed by atoms with E-state index in [4.69, 9.17) is 16.3 Å². The molecule has 2 N–H and O–H groups in total. The molecule has 1 aliphatic rings. The molecule has 0 aliphatic carbocycles. The Labute approximate surface area is 172 Å². The highest BCUT2D eigenvalue weighted by Crippen LogP contribution is 2.20. The van der Waals surface area contributed by atoms with Crippen molar-refractivity contribution in [2.75, 3.05) is 32.8 Å². The number of morpholine rings is 1. The molecule has 2 atom stereocenters. The molecule has 0 spiro atoms. The van der Waals surface area contributed by atoms with Gasteiger partial charge in [-0.3, -0.25) is 4.90 Å². The summed E-state index contributed by atoms with van der Waals surface area (Å²) < 4.78 is 5.44. The molecule has 1 fully saturated rings. The van der Waals surface area contributed by atoms with Crippen LogP contribution in [0.1, 0.15) is 36.6 Å². The quantitative estimate of drug-likeness (QED) is 0.732. The number of hydrogen-bond acceptors (Lipinski definition) is 3. The van der Waals surface area contributed by atoms with Crippen molar-refractivity contribution in [2.45, 2.75) is 25.4 Å². The number of nitrogens with one attached hydrogen (secondary N) is 2. The molecular formula is C22H28ClN3O2. The molecule has 0 radical (unpaired) electrons. The fourth-order valence-electron chi connectivity index (χ4n) is 3.44. The van der Waals surface area contributed by atoms with E-state index in [2.05, 4.69) is 34.6 Å². The standard InChI is InChI=1S/C22H28ClN3O2/c1-2-20(18-8-10-19(23)11-9-18)24-22(27)25-21(17-6-4-3-5-7-17)16-26-12-14-28-15-13-26/h3-11,20-21H,2,12-16H2,1H3,(H2,24,25,27). The molecule has 150 valence electrons. The van der Waals surface area contributed by atoms with Gasteiger partial charge in [0, 0.05) is 24.7 Å². The number of nitrogens with zero attached hydrogens (tertiary/aromatic N) is 1. The van der Waals surface area contributed by atoms with Crippen LogP contribution in [0.5, 0.6) is 0 Å². The highest BCUT2D eigenvalue weighted by Gasteiger charge is 2.21. The first-order valence-corrected chi connectivity index (χ1v) is 10.2. The summed E-state index contributed by atoms with van der Waals surface area (Å²) >= 11 is 5.98. The van der Waals surface area contributed by atoms with Crippen molar-refractivity contribution in [3.8, 4) is 0 Å². The molecule has 0 aromatic heterocycles. The molecule has 6 heteroatoms. The molecular weight excluding hydrogens is 374 g/mol. The third-order valence-electron chi connectivity index (χ3n) is 5.04. The zero-order chi connectivity index (χ0) is 19.8. The number of rotatable bonds is 7. The van der Waals surface area contributed by atoms with Crippen LogP contribution in [0, 0.1) is 0 Å². The van der Waals surface area contributed by atoms with E-state index in [0.717, 1.165) is 50.4 Å². The van der Waals surface area contributed by atoms with E-state index in [1.807, 2.05) is 42.5 Å². The van der Waals surface area contributed by atoms with Crippen LogP contribution in [0.15, 0.2) is 54.6 Å². The van der Waals surface area contributed by atoms with Crippen LogP contribution in [-0.4, -0.2) is 43.8 Å². The summed E-state index contributed by atoms with van der Waals surface area (Å²) in [4.78, 5) is 15.1. The van der Waals surface area contributed by atoms with Gasteiger partial charge in [-0.15, -0.1) is 0 Å². The van der Waals surface area contributed by atoms with Crippen LogP contribution >= 0.6 is 11.6 Å². The predicted octanol–water partition coefficient (Wildman–Crippen LogP) is 4.16. The van der Waals surface area contributed by atoms with Crippen LogP contribution < -0.4 is 10.6 Å². The van der Waals surface area contributed by atoms with Crippen LogP contribution in [0.25, 0.3) is 0 Å². The van der Waals surface area contributed by atoms with Gasteiger partial charge in [0.1, 0.15) is 0 Å². The van der Waals surface area contributed by atoms with E-state index in [0.29, 0.717) is 5.02 Å². The van der Waals surface area contributed by atoms with Crippen LogP contribution in [0.4, 0.5) is 4.79 Å². The molecule has 5 nitrogen and oxygen atoms in total. The molecule has 0 bridgehead atoms. The topological polar surface area (TPSA) is 53.6 Å². The normalized spacial score (nSPS) is 16.9. The summed E-state index contributed by atoms with van der Waals surface area (Å²) in [7, 11) is 0. The van der Waals surface area contributed by atoms with E-state index in [9.17, 15) is 4.79 Å². The van der Waals surface area contributed by atoms with Crippen molar-refractivity contribution in [2.24, 2.45) is 0 Å². The number of amides is 2. The van der Waals surface area contributed by atoms with Gasteiger partial charge in [-0.25, -0.2) is 4.79 Å². The average Bonchev–Trinajstić information content (AvgIpc) is 2.74. The van der Waals surface area contributed by atoms with E-state index in [1.165, 1.54) is 0 Å². The third-order valence-corrected chi connectivity index (χ3v) is 5.29. The van der Waals surface area contributed by atoms with Gasteiger partial charge in [-0.1, -0.05) is 61.0 Å². The Morgan fingerprint density at radius 2 is 1.61 bits per heavy atom. The SMILES string of the molecule is CCC(NC(=O)NC(CN1CCOCC1)c1ccccc1)c1ccc(Cl)cc1. The largest absolute Gasteiger partial charge is 0.379 e. The van der Waals surface area contributed by atoms with Gasteiger partial charge in [0.15, 0.2) is 0 Å². The lowest BCUT2D eigenvalue weighted by Crippen LogP contribution is -2.46. The second-order valence-corrected chi connectivity index (χ2v) is 7.44. The molecule has 2 unspecified atom stereocenters. The maximum absolute atomic E-state index is 12.8. The minimum Gasteiger partial charge on any atom is -0.379 e. The smallest absolute Gasteiger partial charge is 0.315 e. The maximum atomic E-state index is 12.8. The highest BCUT2D eigenvalue weighted by molar-refractivity contribution is 6.30. The second kappa shape index (κ2) is 10.5. The summed E-state index contributed by atoms with van der Waals surface area (Å²) in [6.07, 6.45) is 0.800. The third kappa shape index (κ3) is 5.96. The van der Waals surface area contributed by atoms with Crippen molar-refractivity contribution < 1.29 is 9.53 Å². The molecule has 2 aromatic rings. The Morgan fingerprint density at radius 3 is 2.25 bits per heavy atom. The van der Waals surface area contributed by atoms with Crippen molar-refractivity contribution in [3.63, 3.8) is 0 Å². The molecule has 1 aliphatic heterocycles. The lowest BCUT2D eigenvalue weighted by atomic mass is 10.0. The van der Waals surface area contributed by atoms with Crippen LogP contribution in [0.2, 0.25) is 5.02 Å². The summed E-state index contributed by atoms with van der Waals surface area (Å²) in [6, 6.07) is 17.4. The number of hydrogen-bond donors (Lipinski definition) is 2. The molecule has 1 saturated heterocycles. The number of halogens is 1. The zero-order valence-electron chi connectivity index (χ0n) is 16.2. The minimum absolute atomic E-state index is 0.0583. The summed E-state index contributed by atoms with van der Waals surface area (Å²) in [5.74, 6) is 0. The number of carbonyl (C=O) groups is 1. The van der Waals surface area contributed by atoms with E-state index in [-0.39, 0.29) is 18.1 Å². The second-order valence-electron chi connectivity index (χ2n) is 7.01. The van der Waals surface area contributed by atoms with E-state index < -0.39 is 0 Å². The molecule has 1 heterocycles. The Hall–Kier alpha value is -2.08. The monoisotopic (exact) mass is 401 g/mol. The van der Waals surface area contributed by atoms with Crippen molar-refractivity contribution in [3.05, 3.63) is 70.7 Å². The summed E-state index contributed by atoms with van der Waals surface area (Å²) in [6.45, 7) is 6.06. The Kier molecular flexibility index (Phi) is 7.71. The Bertz CT molecular complexity index is 733. The fraction of sp³-hybridized carbons (Fsp3) is 0.409. The van der Waals surface area contributed by atoms with Crippen LogP contribution in [-0.2, 0) is 4.74 Å². The van der Waals surface area contributed by atoms with Gasteiger partial charge < -0.3 is 15.4 Å². The minimum atomic E-state index is -0.163. The molecule has 0 saturated carbocycles. The lowest BCUT2D eigenvalue weighted by Gasteiger charge is -2.31. The molecule has 2 aromatic carbocycles. The van der Waals surface area contributed by atoms with Gasteiger partial charge in [-0.05, 0) is 29.7 Å². The van der Waals surface area contributed by atoms with E-state index >= 15 is 0 Å². The average molecular weight is 402 g/mol. The van der Waals surface area contributed by atoms with Gasteiger partial charge in [-0.2, -0.15) is 0 Å². The number of benzene rings is 2. The summed E-state index contributed by atoms with van der Waals surface area (Å²) in [5.41, 5.74) is 2.15. The number of carbonyl (C=O) groups excluding carboxylic acids is 1. The first-order chi connectivity index (χ1) is 13.7. The predicted molar refractivity (Wildman–Crippen MR) is 113 cm³/mol. The first kappa shape index (κ1) is 20.6. The Morgan fingerprint density at radius 1 is 1.00 bits per heavy atom. The fourth-order valence-corrected chi connectivity index (χ4v) is 3.56. The highest BCUT2D eigenvalue weighted by atomic mass is 35.5. The van der Waals surface area contributed by atoms with Gasteiger partial charge in [0.25, 0.3) is 0 Å². The zero-order valence-corrected chi connectivity index (χ0v) is 17.0. The van der Waals surface area contributed by atoms with Crippen molar-refractivity contribution in [1.29, 1.82) is 0 Å². The Balaban J connectivity index is 1.66. The summed E-state index contributed by atoms with van der Waals surface area (Å²) in [5, 5.41) is 6.96. The number of ether oxygens (including phenoxy) is 1. The number of urea groups is 1.